The van der Waals surface area contributed by atoms with E-state index < -0.39 is 0 Å². The summed E-state index contributed by atoms with van der Waals surface area (Å²) in [6.45, 7) is 11.9. The van der Waals surface area contributed by atoms with Crippen molar-refractivity contribution in [1.82, 2.24) is 10.6 Å². The van der Waals surface area contributed by atoms with E-state index in [4.69, 9.17) is 4.74 Å². The summed E-state index contributed by atoms with van der Waals surface area (Å²) < 4.78 is 5.92. The van der Waals surface area contributed by atoms with Gasteiger partial charge < -0.3 is 15.4 Å². The Labute approximate surface area is 118 Å². The van der Waals surface area contributed by atoms with Crippen molar-refractivity contribution in [2.45, 2.75) is 58.5 Å². The normalized spacial score (nSPS) is 24.6. The molecule has 0 aromatic carbocycles. The molecule has 0 amide bonds. The third kappa shape index (κ3) is 4.44. The van der Waals surface area contributed by atoms with Crippen molar-refractivity contribution in [3.05, 3.63) is 0 Å². The lowest BCUT2D eigenvalue weighted by Crippen LogP contribution is -2.59. The Morgan fingerprint density at radius 3 is 2.42 bits per heavy atom. The second-order valence-electron chi connectivity index (χ2n) is 7.38. The van der Waals surface area contributed by atoms with E-state index in [9.17, 15) is 0 Å². The smallest absolute Gasteiger partial charge is 0.0902 e. The second-order valence-corrected chi connectivity index (χ2v) is 7.38. The van der Waals surface area contributed by atoms with Crippen LogP contribution in [-0.2, 0) is 4.74 Å². The lowest BCUT2D eigenvalue weighted by molar-refractivity contribution is -0.0652. The van der Waals surface area contributed by atoms with Gasteiger partial charge in [0, 0.05) is 26.2 Å². The van der Waals surface area contributed by atoms with Crippen LogP contribution < -0.4 is 10.6 Å². The van der Waals surface area contributed by atoms with E-state index in [1.54, 1.807) is 0 Å². The third-order valence-electron chi connectivity index (χ3n) is 4.73. The summed E-state index contributed by atoms with van der Waals surface area (Å²) in [4.78, 5) is 0. The largest absolute Gasteiger partial charge is 0.371 e. The molecule has 0 atom stereocenters. The fraction of sp³-hybridized carbons (Fsp3) is 1.00. The SMILES string of the molecule is CC(C)CC1(CNCCOC2(C)CNC2)CCCC1. The zero-order chi connectivity index (χ0) is 13.8. The highest BCUT2D eigenvalue weighted by atomic mass is 16.5. The van der Waals surface area contributed by atoms with Crippen molar-refractivity contribution in [1.29, 1.82) is 0 Å². The molecule has 2 fully saturated rings. The maximum absolute atomic E-state index is 5.92. The van der Waals surface area contributed by atoms with Gasteiger partial charge in [-0.15, -0.1) is 0 Å². The average molecular weight is 268 g/mol. The minimum Gasteiger partial charge on any atom is -0.371 e. The minimum atomic E-state index is 0.102. The lowest BCUT2D eigenvalue weighted by atomic mass is 9.78. The van der Waals surface area contributed by atoms with E-state index in [0.29, 0.717) is 5.41 Å². The van der Waals surface area contributed by atoms with E-state index >= 15 is 0 Å². The van der Waals surface area contributed by atoms with Crippen molar-refractivity contribution in [3.8, 4) is 0 Å². The van der Waals surface area contributed by atoms with Gasteiger partial charge in [-0.2, -0.15) is 0 Å². The highest BCUT2D eigenvalue weighted by molar-refractivity contribution is 4.90. The van der Waals surface area contributed by atoms with Crippen LogP contribution in [0.4, 0.5) is 0 Å². The maximum atomic E-state index is 5.92. The van der Waals surface area contributed by atoms with Gasteiger partial charge in [0.25, 0.3) is 0 Å². The Bertz CT molecular complexity index is 268. The molecule has 0 aromatic heterocycles. The topological polar surface area (TPSA) is 33.3 Å². The van der Waals surface area contributed by atoms with Crippen LogP contribution in [0.2, 0.25) is 0 Å². The van der Waals surface area contributed by atoms with Gasteiger partial charge >= 0.3 is 0 Å². The molecule has 1 heterocycles. The Morgan fingerprint density at radius 1 is 1.21 bits per heavy atom. The van der Waals surface area contributed by atoms with Crippen LogP contribution in [0.3, 0.4) is 0 Å². The van der Waals surface area contributed by atoms with Gasteiger partial charge in [0.05, 0.1) is 12.2 Å². The molecule has 1 saturated heterocycles. The van der Waals surface area contributed by atoms with Crippen LogP contribution in [0.5, 0.6) is 0 Å². The summed E-state index contributed by atoms with van der Waals surface area (Å²) in [5, 5.41) is 6.92. The number of nitrogens with one attached hydrogen (secondary N) is 2. The number of hydrogen-bond donors (Lipinski definition) is 2. The summed E-state index contributed by atoms with van der Waals surface area (Å²) in [5.74, 6) is 0.816. The summed E-state index contributed by atoms with van der Waals surface area (Å²) in [5.41, 5.74) is 0.681. The van der Waals surface area contributed by atoms with Crippen LogP contribution >= 0.6 is 0 Å². The zero-order valence-corrected chi connectivity index (χ0v) is 13.1. The van der Waals surface area contributed by atoms with Gasteiger partial charge in [-0.1, -0.05) is 26.7 Å². The van der Waals surface area contributed by atoms with Crippen molar-refractivity contribution < 1.29 is 4.74 Å². The van der Waals surface area contributed by atoms with Crippen molar-refractivity contribution in [3.63, 3.8) is 0 Å². The highest BCUT2D eigenvalue weighted by Crippen LogP contribution is 2.42. The van der Waals surface area contributed by atoms with Gasteiger partial charge in [0.1, 0.15) is 0 Å². The Hall–Kier alpha value is -0.120. The van der Waals surface area contributed by atoms with Crippen molar-refractivity contribution in [2.75, 3.05) is 32.8 Å². The molecule has 112 valence electrons. The molecule has 2 aliphatic rings. The van der Waals surface area contributed by atoms with Crippen LogP contribution in [0, 0.1) is 11.3 Å². The predicted octanol–water partition coefficient (Wildman–Crippen LogP) is 2.56. The van der Waals surface area contributed by atoms with E-state index in [0.717, 1.165) is 32.2 Å². The highest BCUT2D eigenvalue weighted by Gasteiger charge is 2.34. The first kappa shape index (κ1) is 15.3. The van der Waals surface area contributed by atoms with Crippen LogP contribution in [0.1, 0.15) is 52.9 Å². The van der Waals surface area contributed by atoms with Gasteiger partial charge in [-0.3, -0.25) is 0 Å². The lowest BCUT2D eigenvalue weighted by Gasteiger charge is -2.39. The molecule has 0 bridgehead atoms. The monoisotopic (exact) mass is 268 g/mol. The second kappa shape index (κ2) is 6.55. The molecule has 19 heavy (non-hydrogen) atoms. The maximum Gasteiger partial charge on any atom is 0.0902 e. The molecule has 1 aliphatic heterocycles. The number of rotatable bonds is 8. The fourth-order valence-electron chi connectivity index (χ4n) is 3.75. The molecule has 2 N–H and O–H groups in total. The van der Waals surface area contributed by atoms with Crippen LogP contribution in [0.25, 0.3) is 0 Å². The van der Waals surface area contributed by atoms with Crippen LogP contribution in [0.15, 0.2) is 0 Å². The first-order valence-electron chi connectivity index (χ1n) is 8.09. The fourth-order valence-corrected chi connectivity index (χ4v) is 3.75. The quantitative estimate of drug-likeness (QED) is 0.664. The molecule has 0 radical (unpaired) electrons. The predicted molar refractivity (Wildman–Crippen MR) is 80.5 cm³/mol. The summed E-state index contributed by atoms with van der Waals surface area (Å²) in [6, 6.07) is 0. The Morgan fingerprint density at radius 2 is 1.89 bits per heavy atom. The molecule has 2 rings (SSSR count). The van der Waals surface area contributed by atoms with Crippen molar-refractivity contribution >= 4 is 0 Å². The minimum absolute atomic E-state index is 0.102. The summed E-state index contributed by atoms with van der Waals surface area (Å²) in [7, 11) is 0. The Kier molecular flexibility index (Phi) is 5.27. The number of hydrogen-bond acceptors (Lipinski definition) is 3. The van der Waals surface area contributed by atoms with E-state index in [-0.39, 0.29) is 5.60 Å². The average Bonchev–Trinajstić information content (AvgIpc) is 2.74. The Balaban J connectivity index is 1.62. The van der Waals surface area contributed by atoms with Gasteiger partial charge in [0.2, 0.25) is 0 Å². The van der Waals surface area contributed by atoms with Gasteiger partial charge in [-0.05, 0) is 37.5 Å². The molecule has 0 unspecified atom stereocenters. The standard InChI is InChI=1S/C16H32N2O/c1-14(2)10-16(6-4-5-7-16)13-17-8-9-19-15(3)11-18-12-15/h14,17-18H,4-13H2,1-3H3. The van der Waals surface area contributed by atoms with Gasteiger partial charge in [-0.25, -0.2) is 0 Å². The molecule has 1 saturated carbocycles. The summed E-state index contributed by atoms with van der Waals surface area (Å²) >= 11 is 0. The molecule has 3 heteroatoms. The van der Waals surface area contributed by atoms with E-state index in [1.807, 2.05) is 0 Å². The first-order chi connectivity index (χ1) is 9.04. The van der Waals surface area contributed by atoms with E-state index in [1.165, 1.54) is 38.6 Å². The first-order valence-corrected chi connectivity index (χ1v) is 8.09. The van der Waals surface area contributed by atoms with Crippen molar-refractivity contribution in [2.24, 2.45) is 11.3 Å². The summed E-state index contributed by atoms with van der Waals surface area (Å²) in [6.07, 6.45) is 7.06. The molecular formula is C16H32N2O. The molecular weight excluding hydrogens is 236 g/mol. The van der Waals surface area contributed by atoms with Gasteiger partial charge in [0.15, 0.2) is 0 Å². The molecule has 1 aliphatic carbocycles. The van der Waals surface area contributed by atoms with Crippen LogP contribution in [-0.4, -0.2) is 38.4 Å². The number of ether oxygens (including phenoxy) is 1. The molecule has 3 nitrogen and oxygen atoms in total. The third-order valence-corrected chi connectivity index (χ3v) is 4.73. The zero-order valence-electron chi connectivity index (χ0n) is 13.1. The molecule has 0 aromatic rings. The van der Waals surface area contributed by atoms with E-state index in [2.05, 4.69) is 31.4 Å². The molecule has 0 spiro atoms.